The number of anilines is 1. The van der Waals surface area contributed by atoms with E-state index in [1.54, 1.807) is 0 Å². The Morgan fingerprint density at radius 3 is 2.70 bits per heavy atom. The second-order valence-corrected chi connectivity index (χ2v) is 10.0. The molecule has 5 N–H and O–H groups in total. The Balaban J connectivity index is 1.93. The normalized spacial score (nSPS) is 28.2. The van der Waals surface area contributed by atoms with Crippen molar-refractivity contribution in [1.82, 2.24) is 5.32 Å². The zero-order chi connectivity index (χ0) is 22.3. The number of carbonyl (C=O) groups is 1. The SMILES string of the molecule is C/C(O)=C/C(=N)C(=O)Nc1ccc(F)c([C@]2(C)CS(=O)(=O)[C@]3(CCOC3)C(=N)N2)c1. The van der Waals surface area contributed by atoms with Crippen LogP contribution < -0.4 is 10.6 Å². The molecule has 2 fully saturated rings. The summed E-state index contributed by atoms with van der Waals surface area (Å²) < 4.78 is 44.6. The van der Waals surface area contributed by atoms with Gasteiger partial charge >= 0.3 is 0 Å². The molecule has 0 radical (unpaired) electrons. The summed E-state index contributed by atoms with van der Waals surface area (Å²) in [6.45, 7) is 2.90. The molecule has 0 unspecified atom stereocenters. The van der Waals surface area contributed by atoms with Crippen molar-refractivity contribution in [1.29, 1.82) is 10.8 Å². The van der Waals surface area contributed by atoms with Crippen LogP contribution in [0.2, 0.25) is 0 Å². The van der Waals surface area contributed by atoms with Gasteiger partial charge in [0, 0.05) is 23.9 Å². The number of amidine groups is 1. The van der Waals surface area contributed by atoms with Crippen LogP contribution in [0.4, 0.5) is 10.1 Å². The van der Waals surface area contributed by atoms with Crippen molar-refractivity contribution in [3.05, 3.63) is 41.4 Å². The van der Waals surface area contributed by atoms with Gasteiger partial charge in [-0.2, -0.15) is 0 Å². The average molecular weight is 438 g/mol. The molecule has 0 bridgehead atoms. The van der Waals surface area contributed by atoms with E-state index in [1.807, 2.05) is 0 Å². The maximum atomic E-state index is 14.7. The number of aliphatic hydroxyl groups is 1. The molecule has 2 aliphatic heterocycles. The number of benzene rings is 1. The molecule has 1 aromatic carbocycles. The standard InChI is InChI=1S/C19H23FN4O5S/c1-11(25)7-15(21)16(26)23-12-3-4-14(20)13(8-12)18(2)10-30(27,28)19(17(22)24-18)5-6-29-9-19/h3-4,7-8,21,25H,5-6,9-10H2,1-2H3,(H2,22,24)(H,23,26)/b11-7-,21-15?/t18-,19-/m0/s1. The fourth-order valence-corrected chi connectivity index (χ4v) is 6.02. The molecule has 2 saturated heterocycles. The van der Waals surface area contributed by atoms with Gasteiger partial charge in [-0.05, 0) is 38.5 Å². The predicted octanol–water partition coefficient (Wildman–Crippen LogP) is 1.62. The van der Waals surface area contributed by atoms with Crippen molar-refractivity contribution < 1.29 is 27.4 Å². The summed E-state index contributed by atoms with van der Waals surface area (Å²) in [6.07, 6.45) is 1.12. The molecular formula is C19H23FN4O5S. The first-order chi connectivity index (χ1) is 13.9. The lowest BCUT2D eigenvalue weighted by atomic mass is 9.90. The highest BCUT2D eigenvalue weighted by Crippen LogP contribution is 2.40. The van der Waals surface area contributed by atoms with Crippen LogP contribution in [0.5, 0.6) is 0 Å². The lowest BCUT2D eigenvalue weighted by molar-refractivity contribution is -0.110. The maximum Gasteiger partial charge on any atom is 0.273 e. The molecule has 3 rings (SSSR count). The third-order valence-corrected chi connectivity index (χ3v) is 8.01. The molecule has 2 atom stereocenters. The Kier molecular flexibility index (Phi) is 5.46. The molecule has 9 nitrogen and oxygen atoms in total. The molecule has 0 aromatic heterocycles. The number of rotatable bonds is 4. The molecule has 30 heavy (non-hydrogen) atoms. The second kappa shape index (κ2) is 7.47. The van der Waals surface area contributed by atoms with E-state index in [9.17, 15) is 22.7 Å². The van der Waals surface area contributed by atoms with Crippen molar-refractivity contribution in [2.75, 3.05) is 24.3 Å². The number of ether oxygens (including phenoxy) is 1. The minimum atomic E-state index is -3.84. The molecular weight excluding hydrogens is 415 g/mol. The van der Waals surface area contributed by atoms with Gasteiger partial charge in [-0.15, -0.1) is 0 Å². The minimum absolute atomic E-state index is 0.0391. The van der Waals surface area contributed by atoms with Crippen molar-refractivity contribution in [2.45, 2.75) is 30.6 Å². The van der Waals surface area contributed by atoms with E-state index in [0.29, 0.717) is 0 Å². The van der Waals surface area contributed by atoms with Crippen LogP contribution in [0.3, 0.4) is 0 Å². The highest BCUT2D eigenvalue weighted by molar-refractivity contribution is 7.93. The van der Waals surface area contributed by atoms with Crippen LogP contribution in [0, 0.1) is 16.6 Å². The van der Waals surface area contributed by atoms with Gasteiger partial charge in [0.2, 0.25) is 0 Å². The number of amides is 1. The maximum absolute atomic E-state index is 14.7. The number of carbonyl (C=O) groups excluding carboxylic acids is 1. The fourth-order valence-electron chi connectivity index (χ4n) is 3.73. The number of nitrogens with one attached hydrogen (secondary N) is 4. The second-order valence-electron chi connectivity index (χ2n) is 7.74. The average Bonchev–Trinajstić information content (AvgIpc) is 3.12. The van der Waals surface area contributed by atoms with E-state index >= 15 is 0 Å². The molecule has 0 saturated carbocycles. The van der Waals surface area contributed by atoms with Crippen LogP contribution in [0.15, 0.2) is 30.0 Å². The quantitative estimate of drug-likeness (QED) is 0.356. The molecule has 162 valence electrons. The van der Waals surface area contributed by atoms with Crippen LogP contribution in [0.25, 0.3) is 0 Å². The van der Waals surface area contributed by atoms with Crippen LogP contribution >= 0.6 is 0 Å². The summed E-state index contributed by atoms with van der Waals surface area (Å²) in [4.78, 5) is 12.1. The topological polar surface area (TPSA) is 152 Å². The van der Waals surface area contributed by atoms with Gasteiger partial charge in [0.15, 0.2) is 14.6 Å². The highest BCUT2D eigenvalue weighted by atomic mass is 32.2. The summed E-state index contributed by atoms with van der Waals surface area (Å²) in [7, 11) is -3.84. The first-order valence-electron chi connectivity index (χ1n) is 9.15. The summed E-state index contributed by atoms with van der Waals surface area (Å²) in [5.41, 5.74) is -1.84. The van der Waals surface area contributed by atoms with Gasteiger partial charge in [-0.1, -0.05) is 0 Å². The first-order valence-corrected chi connectivity index (χ1v) is 10.8. The van der Waals surface area contributed by atoms with Gasteiger partial charge in [-0.25, -0.2) is 12.8 Å². The Morgan fingerprint density at radius 2 is 2.13 bits per heavy atom. The van der Waals surface area contributed by atoms with E-state index in [4.69, 9.17) is 15.6 Å². The van der Waals surface area contributed by atoms with Gasteiger partial charge in [0.05, 0.1) is 23.7 Å². The number of allylic oxidation sites excluding steroid dienone is 1. The van der Waals surface area contributed by atoms with Gasteiger partial charge < -0.3 is 20.5 Å². The van der Waals surface area contributed by atoms with Crippen LogP contribution in [0.1, 0.15) is 25.8 Å². The molecule has 1 aromatic rings. The van der Waals surface area contributed by atoms with Crippen molar-refractivity contribution in [3.8, 4) is 0 Å². The van der Waals surface area contributed by atoms with E-state index in [0.717, 1.165) is 12.1 Å². The Morgan fingerprint density at radius 1 is 1.43 bits per heavy atom. The Bertz CT molecular complexity index is 1060. The monoisotopic (exact) mass is 438 g/mol. The summed E-state index contributed by atoms with van der Waals surface area (Å²) in [6, 6.07) is 3.63. The molecule has 1 spiro atoms. The van der Waals surface area contributed by atoms with Gasteiger partial charge in [-0.3, -0.25) is 15.6 Å². The lowest BCUT2D eigenvalue weighted by Crippen LogP contribution is -2.66. The zero-order valence-electron chi connectivity index (χ0n) is 16.5. The minimum Gasteiger partial charge on any atom is -0.513 e. The van der Waals surface area contributed by atoms with Crippen molar-refractivity contribution in [3.63, 3.8) is 0 Å². The number of aliphatic hydroxyl groups excluding tert-OH is 1. The molecule has 0 aliphatic carbocycles. The Labute approximate surface area is 173 Å². The molecule has 1 amide bonds. The number of hydrogen-bond acceptors (Lipinski definition) is 7. The predicted molar refractivity (Wildman–Crippen MR) is 109 cm³/mol. The van der Waals surface area contributed by atoms with E-state index in [2.05, 4.69) is 10.6 Å². The first kappa shape index (κ1) is 21.9. The number of halogens is 1. The Hall–Kier alpha value is -2.79. The third kappa shape index (κ3) is 3.70. The lowest BCUT2D eigenvalue weighted by Gasteiger charge is -2.44. The van der Waals surface area contributed by atoms with Crippen LogP contribution in [-0.4, -0.2) is 54.7 Å². The van der Waals surface area contributed by atoms with E-state index in [1.165, 1.54) is 26.0 Å². The number of hydrogen-bond donors (Lipinski definition) is 5. The third-order valence-electron chi connectivity index (χ3n) is 5.33. The summed E-state index contributed by atoms with van der Waals surface area (Å²) in [5, 5.41) is 30.4. The summed E-state index contributed by atoms with van der Waals surface area (Å²) >= 11 is 0. The zero-order valence-corrected chi connectivity index (χ0v) is 17.3. The summed E-state index contributed by atoms with van der Waals surface area (Å²) in [5.74, 6) is -2.45. The smallest absolute Gasteiger partial charge is 0.273 e. The van der Waals surface area contributed by atoms with Crippen molar-refractivity contribution >= 4 is 33.0 Å². The molecule has 11 heteroatoms. The van der Waals surface area contributed by atoms with Gasteiger partial charge in [0.25, 0.3) is 5.91 Å². The van der Waals surface area contributed by atoms with Crippen molar-refractivity contribution in [2.24, 2.45) is 0 Å². The van der Waals surface area contributed by atoms with E-state index in [-0.39, 0.29) is 42.5 Å². The largest absolute Gasteiger partial charge is 0.513 e. The molecule has 2 aliphatic rings. The van der Waals surface area contributed by atoms with Gasteiger partial charge in [0.1, 0.15) is 17.4 Å². The van der Waals surface area contributed by atoms with Crippen LogP contribution in [-0.2, 0) is 24.9 Å². The molecule has 2 heterocycles. The fraction of sp³-hybridized carbons (Fsp3) is 0.421. The highest BCUT2D eigenvalue weighted by Gasteiger charge is 2.58. The van der Waals surface area contributed by atoms with E-state index < -0.39 is 43.3 Å². The number of sulfone groups is 1.